The molecule has 1 N–H and O–H groups in total. The summed E-state index contributed by atoms with van der Waals surface area (Å²) in [6, 6.07) is 2.35. The van der Waals surface area contributed by atoms with Gasteiger partial charge in [0.1, 0.15) is 5.15 Å². The van der Waals surface area contributed by atoms with Gasteiger partial charge in [0.25, 0.3) is 5.92 Å². The molecular formula is C9H5Cl2F2NO2. The van der Waals surface area contributed by atoms with Crippen molar-refractivity contribution < 1.29 is 18.7 Å². The summed E-state index contributed by atoms with van der Waals surface area (Å²) < 4.78 is 26.3. The van der Waals surface area contributed by atoms with Gasteiger partial charge in [-0.25, -0.2) is 13.8 Å². The van der Waals surface area contributed by atoms with Crippen molar-refractivity contribution >= 4 is 29.2 Å². The number of hydrogen-bond donors (Lipinski definition) is 1. The van der Waals surface area contributed by atoms with Gasteiger partial charge < -0.3 is 5.11 Å². The first-order chi connectivity index (χ1) is 7.29. The van der Waals surface area contributed by atoms with Gasteiger partial charge in [-0.15, -0.1) is 0 Å². The lowest BCUT2D eigenvalue weighted by Crippen LogP contribution is -2.28. The molecule has 86 valence electrons. The van der Waals surface area contributed by atoms with Crippen molar-refractivity contribution in [2.24, 2.45) is 0 Å². The molecule has 0 saturated heterocycles. The molecule has 0 amide bonds. The van der Waals surface area contributed by atoms with Crippen LogP contribution in [0.25, 0.3) is 0 Å². The third-order valence-corrected chi connectivity index (χ3v) is 2.96. The van der Waals surface area contributed by atoms with E-state index < -0.39 is 23.7 Å². The Morgan fingerprint density at radius 2 is 2.00 bits per heavy atom. The van der Waals surface area contributed by atoms with Gasteiger partial charge in [-0.2, -0.15) is 0 Å². The van der Waals surface area contributed by atoms with Crippen molar-refractivity contribution in [1.82, 2.24) is 4.98 Å². The number of aliphatic carboxylic acids is 1. The quantitative estimate of drug-likeness (QED) is 0.839. The van der Waals surface area contributed by atoms with E-state index in [9.17, 15) is 13.6 Å². The van der Waals surface area contributed by atoms with Gasteiger partial charge in [0, 0.05) is 11.4 Å². The second kappa shape index (κ2) is 3.28. The van der Waals surface area contributed by atoms with Crippen LogP contribution in [0, 0.1) is 0 Å². The van der Waals surface area contributed by atoms with E-state index in [1.54, 1.807) is 0 Å². The second-order valence-corrected chi connectivity index (χ2v) is 4.41. The van der Waals surface area contributed by atoms with Gasteiger partial charge in [-0.05, 0) is 12.1 Å². The van der Waals surface area contributed by atoms with Crippen LogP contribution in [0.2, 0.25) is 10.2 Å². The summed E-state index contributed by atoms with van der Waals surface area (Å²) in [5.41, 5.74) is -2.58. The van der Waals surface area contributed by atoms with Gasteiger partial charge >= 0.3 is 5.97 Å². The first kappa shape index (κ1) is 11.5. The standard InChI is InChI=1S/C9H5Cl2F2NO2/c10-4-1-5(14-6(11)2-4)8(7(15)16)3-9(8,12)13/h1-2H,3H2,(H,15,16). The molecule has 1 aromatic heterocycles. The Balaban J connectivity index is 2.55. The highest BCUT2D eigenvalue weighted by Gasteiger charge is 2.78. The molecular weight excluding hydrogens is 263 g/mol. The molecule has 0 spiro atoms. The minimum Gasteiger partial charge on any atom is -0.480 e. The number of aromatic nitrogens is 1. The Morgan fingerprint density at radius 3 is 2.38 bits per heavy atom. The van der Waals surface area contributed by atoms with Crippen molar-refractivity contribution in [3.05, 3.63) is 28.0 Å². The average molecular weight is 268 g/mol. The van der Waals surface area contributed by atoms with Crippen LogP contribution in [0.4, 0.5) is 8.78 Å². The topological polar surface area (TPSA) is 50.2 Å². The van der Waals surface area contributed by atoms with E-state index in [0.717, 1.165) is 6.07 Å². The Kier molecular flexibility index (Phi) is 2.36. The SMILES string of the molecule is O=C(O)C1(c2cc(Cl)cc(Cl)n2)CC1(F)F. The van der Waals surface area contributed by atoms with Crippen molar-refractivity contribution in [3.63, 3.8) is 0 Å². The van der Waals surface area contributed by atoms with Crippen molar-refractivity contribution in [3.8, 4) is 0 Å². The Bertz CT molecular complexity index is 460. The van der Waals surface area contributed by atoms with E-state index in [0.29, 0.717) is 0 Å². The maximum atomic E-state index is 13.1. The minimum absolute atomic E-state index is 0.0818. The number of nitrogens with zero attached hydrogens (tertiary/aromatic N) is 1. The number of hydrogen-bond acceptors (Lipinski definition) is 2. The molecule has 16 heavy (non-hydrogen) atoms. The number of carbonyl (C=O) groups is 1. The molecule has 0 radical (unpaired) electrons. The monoisotopic (exact) mass is 267 g/mol. The Morgan fingerprint density at radius 1 is 1.44 bits per heavy atom. The molecule has 0 aromatic carbocycles. The van der Waals surface area contributed by atoms with Crippen molar-refractivity contribution in [1.29, 1.82) is 0 Å². The maximum absolute atomic E-state index is 13.1. The highest BCUT2D eigenvalue weighted by atomic mass is 35.5. The van der Waals surface area contributed by atoms with Gasteiger partial charge in [0.05, 0.1) is 5.69 Å². The lowest BCUT2D eigenvalue weighted by molar-refractivity contribution is -0.143. The van der Waals surface area contributed by atoms with Gasteiger partial charge in [0.2, 0.25) is 0 Å². The molecule has 1 aliphatic rings. The second-order valence-electron chi connectivity index (χ2n) is 3.59. The van der Waals surface area contributed by atoms with E-state index in [4.69, 9.17) is 28.3 Å². The number of carboxylic acid groups (broad SMARTS) is 1. The van der Waals surface area contributed by atoms with E-state index >= 15 is 0 Å². The zero-order valence-electron chi connectivity index (χ0n) is 7.68. The number of pyridine rings is 1. The molecule has 1 atom stereocenters. The van der Waals surface area contributed by atoms with E-state index in [1.165, 1.54) is 6.07 Å². The van der Waals surface area contributed by atoms with Crippen LogP contribution in [0.1, 0.15) is 12.1 Å². The summed E-state index contributed by atoms with van der Waals surface area (Å²) in [5.74, 6) is -4.93. The molecule has 0 aliphatic heterocycles. The summed E-state index contributed by atoms with van der Waals surface area (Å²) in [4.78, 5) is 14.5. The summed E-state index contributed by atoms with van der Waals surface area (Å²) in [6.07, 6.45) is -0.779. The third-order valence-electron chi connectivity index (χ3n) is 2.55. The summed E-state index contributed by atoms with van der Waals surface area (Å²) in [6.45, 7) is 0. The van der Waals surface area contributed by atoms with E-state index in [2.05, 4.69) is 4.98 Å². The predicted molar refractivity (Wildman–Crippen MR) is 53.1 cm³/mol. The van der Waals surface area contributed by atoms with E-state index in [-0.39, 0.29) is 15.9 Å². The minimum atomic E-state index is -3.31. The van der Waals surface area contributed by atoms with E-state index in [1.807, 2.05) is 0 Å². The highest BCUT2D eigenvalue weighted by molar-refractivity contribution is 6.34. The number of carboxylic acids is 1. The van der Waals surface area contributed by atoms with Crippen LogP contribution in [0.5, 0.6) is 0 Å². The molecule has 7 heteroatoms. The zero-order chi connectivity index (χ0) is 12.1. The maximum Gasteiger partial charge on any atom is 0.322 e. The molecule has 1 heterocycles. The first-order valence-corrected chi connectivity index (χ1v) is 5.00. The average Bonchev–Trinajstić information content (AvgIpc) is 2.69. The van der Waals surface area contributed by atoms with Crippen LogP contribution in [0.3, 0.4) is 0 Å². The third kappa shape index (κ3) is 1.46. The van der Waals surface area contributed by atoms with Crippen LogP contribution < -0.4 is 0 Å². The Hall–Kier alpha value is -0.940. The lowest BCUT2D eigenvalue weighted by Gasteiger charge is -2.11. The Labute approximate surface area is 99.0 Å². The number of halogens is 4. The van der Waals surface area contributed by atoms with Crippen LogP contribution >= 0.6 is 23.2 Å². The highest BCUT2D eigenvalue weighted by Crippen LogP contribution is 2.61. The first-order valence-electron chi connectivity index (χ1n) is 4.24. The summed E-state index contributed by atoms with van der Waals surface area (Å²) in [7, 11) is 0. The number of alkyl halides is 2. The summed E-state index contributed by atoms with van der Waals surface area (Å²) in [5, 5.41) is 8.84. The molecule has 1 fully saturated rings. The fourth-order valence-corrected chi connectivity index (χ4v) is 2.06. The van der Waals surface area contributed by atoms with Gasteiger partial charge in [-0.1, -0.05) is 23.2 Å². The van der Waals surface area contributed by atoms with Crippen molar-refractivity contribution in [2.75, 3.05) is 0 Å². The number of rotatable bonds is 2. The smallest absolute Gasteiger partial charge is 0.322 e. The molecule has 1 aliphatic carbocycles. The fourth-order valence-electron chi connectivity index (χ4n) is 1.59. The summed E-state index contributed by atoms with van der Waals surface area (Å²) >= 11 is 11.2. The molecule has 3 nitrogen and oxygen atoms in total. The van der Waals surface area contributed by atoms with Crippen LogP contribution in [-0.2, 0) is 10.2 Å². The molecule has 1 aromatic rings. The molecule has 1 saturated carbocycles. The zero-order valence-corrected chi connectivity index (χ0v) is 9.19. The molecule has 2 rings (SSSR count). The normalized spacial score (nSPS) is 26.5. The molecule has 1 unspecified atom stereocenters. The predicted octanol–water partition coefficient (Wildman–Crippen LogP) is 2.75. The largest absolute Gasteiger partial charge is 0.480 e. The van der Waals surface area contributed by atoms with Gasteiger partial charge in [0.15, 0.2) is 5.41 Å². The molecule has 0 bridgehead atoms. The van der Waals surface area contributed by atoms with Gasteiger partial charge in [-0.3, -0.25) is 4.79 Å². The lowest BCUT2D eigenvalue weighted by atomic mass is 10.0. The van der Waals surface area contributed by atoms with Crippen molar-refractivity contribution in [2.45, 2.75) is 17.8 Å². The van der Waals surface area contributed by atoms with Crippen LogP contribution in [-0.4, -0.2) is 22.0 Å². The van der Waals surface area contributed by atoms with Crippen LogP contribution in [0.15, 0.2) is 12.1 Å². The fraction of sp³-hybridized carbons (Fsp3) is 0.333.